The zero-order chi connectivity index (χ0) is 22.5. The third-order valence-corrected chi connectivity index (χ3v) is 10.6. The fourth-order valence-corrected chi connectivity index (χ4v) is 9.27. The van der Waals surface area contributed by atoms with E-state index in [9.17, 15) is 5.11 Å². The summed E-state index contributed by atoms with van der Waals surface area (Å²) in [5, 5.41) is 11.9. The number of hydrogen-bond acceptors (Lipinski definition) is 5. The van der Waals surface area contributed by atoms with E-state index in [1.54, 1.807) is 7.11 Å². The van der Waals surface area contributed by atoms with E-state index >= 15 is 0 Å². The van der Waals surface area contributed by atoms with Crippen molar-refractivity contribution in [1.82, 2.24) is 4.90 Å². The van der Waals surface area contributed by atoms with Crippen LogP contribution in [0.3, 0.4) is 0 Å². The summed E-state index contributed by atoms with van der Waals surface area (Å²) in [4.78, 5) is 2.61. The van der Waals surface area contributed by atoms with Crippen LogP contribution in [0, 0.1) is 11.3 Å². The maximum atomic E-state index is 11.9. The number of hydrogen-bond donors (Lipinski definition) is 1. The number of likely N-dealkylation sites (tertiary alicyclic amines) is 1. The van der Waals surface area contributed by atoms with Gasteiger partial charge in [-0.15, -0.1) is 0 Å². The number of likely N-dealkylation sites (N-methyl/N-ethyl adjacent to an activating group) is 1. The normalized spacial score (nSPS) is 42.9. The second kappa shape index (κ2) is 6.64. The molecule has 1 aromatic carbocycles. The Bertz CT molecular complexity index is 946. The van der Waals surface area contributed by atoms with Crippen molar-refractivity contribution >= 4 is 0 Å². The molecule has 7 unspecified atom stereocenters. The minimum atomic E-state index is -0.767. The molecule has 32 heavy (non-hydrogen) atoms. The SMILES string of the molecule is CCCCC(C)(O)C1CC23CCC1(OC)C1Oc4c(OC)ccc5c4C12CCN(C)C3C5. The summed E-state index contributed by atoms with van der Waals surface area (Å²) >= 11 is 0. The highest BCUT2D eigenvalue weighted by molar-refractivity contribution is 5.63. The maximum Gasteiger partial charge on any atom is 0.165 e. The lowest BCUT2D eigenvalue weighted by molar-refractivity contribution is -0.301. The summed E-state index contributed by atoms with van der Waals surface area (Å²) in [7, 11) is 5.91. The predicted molar refractivity (Wildman–Crippen MR) is 123 cm³/mol. The fraction of sp³-hybridized carbons (Fsp3) is 0.778. The van der Waals surface area contributed by atoms with Crippen LogP contribution in [0.25, 0.3) is 0 Å². The number of methoxy groups -OCH3 is 2. The summed E-state index contributed by atoms with van der Waals surface area (Å²) in [5.74, 6) is 1.87. The molecule has 1 aromatic rings. The second-order valence-electron chi connectivity index (χ2n) is 11.6. The van der Waals surface area contributed by atoms with Crippen molar-refractivity contribution in [2.45, 2.75) is 94.0 Å². The average molecular weight is 442 g/mol. The monoisotopic (exact) mass is 441 g/mol. The Hall–Kier alpha value is -1.30. The van der Waals surface area contributed by atoms with E-state index in [1.165, 1.54) is 11.1 Å². The smallest absolute Gasteiger partial charge is 0.165 e. The molecule has 1 N–H and O–H groups in total. The number of piperidine rings is 1. The first kappa shape index (κ1) is 21.2. The lowest BCUT2D eigenvalue weighted by atomic mass is 9.33. The highest BCUT2D eigenvalue weighted by atomic mass is 16.6. The van der Waals surface area contributed by atoms with Crippen molar-refractivity contribution in [3.8, 4) is 11.5 Å². The summed E-state index contributed by atoms with van der Waals surface area (Å²) in [6.45, 7) is 5.35. The molecule has 5 heteroatoms. The van der Waals surface area contributed by atoms with E-state index in [1.807, 2.05) is 7.11 Å². The number of benzene rings is 1. The van der Waals surface area contributed by atoms with Crippen molar-refractivity contribution < 1.29 is 19.3 Å². The molecule has 2 spiro atoms. The van der Waals surface area contributed by atoms with Gasteiger partial charge in [0.1, 0.15) is 11.7 Å². The molecule has 4 aliphatic carbocycles. The van der Waals surface area contributed by atoms with Crippen LogP contribution in [0.15, 0.2) is 12.1 Å². The second-order valence-corrected chi connectivity index (χ2v) is 11.6. The Kier molecular flexibility index (Phi) is 4.41. The van der Waals surface area contributed by atoms with Crippen LogP contribution in [0.2, 0.25) is 0 Å². The molecule has 0 amide bonds. The Morgan fingerprint density at radius 1 is 1.25 bits per heavy atom. The van der Waals surface area contributed by atoms with Gasteiger partial charge >= 0.3 is 0 Å². The van der Waals surface area contributed by atoms with Gasteiger partial charge in [-0.25, -0.2) is 0 Å². The van der Waals surface area contributed by atoms with E-state index in [0.29, 0.717) is 6.04 Å². The van der Waals surface area contributed by atoms with Crippen molar-refractivity contribution in [2.75, 3.05) is 27.8 Å². The van der Waals surface area contributed by atoms with Gasteiger partial charge in [0.2, 0.25) is 0 Å². The van der Waals surface area contributed by atoms with Crippen molar-refractivity contribution in [3.63, 3.8) is 0 Å². The van der Waals surface area contributed by atoms with Crippen LogP contribution < -0.4 is 9.47 Å². The summed E-state index contributed by atoms with van der Waals surface area (Å²) in [6, 6.07) is 4.85. The largest absolute Gasteiger partial charge is 0.493 e. The first-order chi connectivity index (χ1) is 15.3. The molecule has 0 aromatic heterocycles. The van der Waals surface area contributed by atoms with Gasteiger partial charge in [-0.1, -0.05) is 25.8 Å². The quantitative estimate of drug-likeness (QED) is 0.721. The molecular weight excluding hydrogens is 402 g/mol. The third kappa shape index (κ3) is 2.17. The number of nitrogens with zero attached hydrogens (tertiary/aromatic N) is 1. The van der Waals surface area contributed by atoms with Crippen LogP contribution in [0.4, 0.5) is 0 Å². The molecule has 4 fully saturated rings. The van der Waals surface area contributed by atoms with Gasteiger partial charge in [0.25, 0.3) is 0 Å². The van der Waals surface area contributed by atoms with E-state index in [4.69, 9.17) is 14.2 Å². The predicted octanol–water partition coefficient (Wildman–Crippen LogP) is 4.08. The van der Waals surface area contributed by atoms with E-state index in [-0.39, 0.29) is 22.9 Å². The van der Waals surface area contributed by atoms with Crippen LogP contribution in [-0.4, -0.2) is 61.2 Å². The zero-order valence-electron chi connectivity index (χ0n) is 20.4. The molecule has 0 radical (unpaired) electrons. The molecular formula is C27H39NO4. The van der Waals surface area contributed by atoms with Crippen LogP contribution in [-0.2, 0) is 16.6 Å². The highest BCUT2D eigenvalue weighted by Crippen LogP contribution is 2.77. The van der Waals surface area contributed by atoms with Crippen molar-refractivity contribution in [1.29, 1.82) is 0 Å². The molecule has 7 rings (SSSR count). The molecule has 2 heterocycles. The van der Waals surface area contributed by atoms with E-state index < -0.39 is 11.2 Å². The number of unbranched alkanes of at least 4 members (excludes halogenated alkanes) is 1. The summed E-state index contributed by atoms with van der Waals surface area (Å²) in [6.07, 6.45) is 8.15. The lowest BCUT2D eigenvalue weighted by Crippen LogP contribution is -2.82. The van der Waals surface area contributed by atoms with E-state index in [2.05, 4.69) is 37.9 Å². The molecule has 4 bridgehead atoms. The Morgan fingerprint density at radius 2 is 2.06 bits per heavy atom. The molecule has 6 aliphatic rings. The standard InChI is InChI=1S/C27H39NO4/c1-6-7-10-24(2,29)19-16-25-11-12-27(19,31-5)23-26(25)13-14-28(3)20(25)15-17-8-9-18(30-4)22(32-23)21(17)26/h8-9,19-20,23,29H,6-7,10-16H2,1-5H3. The van der Waals surface area contributed by atoms with Crippen LogP contribution >= 0.6 is 0 Å². The minimum absolute atomic E-state index is 0.0484. The van der Waals surface area contributed by atoms with Crippen LogP contribution in [0.5, 0.6) is 11.5 Å². The van der Waals surface area contributed by atoms with E-state index in [0.717, 1.165) is 69.4 Å². The minimum Gasteiger partial charge on any atom is -0.493 e. The van der Waals surface area contributed by atoms with Gasteiger partial charge in [0, 0.05) is 35.5 Å². The molecule has 1 saturated heterocycles. The summed E-state index contributed by atoms with van der Waals surface area (Å²) < 4.78 is 19.4. The van der Waals surface area contributed by atoms with Gasteiger partial charge in [0.05, 0.1) is 12.7 Å². The Morgan fingerprint density at radius 3 is 2.78 bits per heavy atom. The molecule has 2 aliphatic heterocycles. The number of aliphatic hydroxyl groups is 1. The van der Waals surface area contributed by atoms with Gasteiger partial charge in [-0.05, 0) is 70.7 Å². The Balaban J connectivity index is 1.60. The van der Waals surface area contributed by atoms with Crippen LogP contribution in [0.1, 0.15) is 69.9 Å². The third-order valence-electron chi connectivity index (χ3n) is 10.6. The molecule has 5 nitrogen and oxygen atoms in total. The number of fused-ring (bicyclic) bond motifs is 2. The Labute approximate surface area is 192 Å². The molecule has 176 valence electrons. The first-order valence-corrected chi connectivity index (χ1v) is 12.7. The van der Waals surface area contributed by atoms with Gasteiger partial charge in [-0.3, -0.25) is 0 Å². The first-order valence-electron chi connectivity index (χ1n) is 12.7. The highest BCUT2D eigenvalue weighted by Gasteiger charge is 2.81. The van der Waals surface area contributed by atoms with Gasteiger partial charge in [-0.2, -0.15) is 0 Å². The zero-order valence-corrected chi connectivity index (χ0v) is 20.4. The fourth-order valence-electron chi connectivity index (χ4n) is 9.27. The average Bonchev–Trinajstić information content (AvgIpc) is 3.17. The van der Waals surface area contributed by atoms with Gasteiger partial charge in [0.15, 0.2) is 11.5 Å². The van der Waals surface area contributed by atoms with Crippen molar-refractivity contribution in [2.24, 2.45) is 11.3 Å². The molecule has 7 atom stereocenters. The maximum absolute atomic E-state index is 11.9. The summed E-state index contributed by atoms with van der Waals surface area (Å²) in [5.41, 5.74) is 1.66. The number of ether oxygens (including phenoxy) is 3. The van der Waals surface area contributed by atoms with Crippen molar-refractivity contribution in [3.05, 3.63) is 23.3 Å². The molecule has 3 saturated carbocycles. The lowest BCUT2D eigenvalue weighted by Gasteiger charge is -2.74. The topological polar surface area (TPSA) is 51.2 Å². The number of rotatable bonds is 6. The van der Waals surface area contributed by atoms with Gasteiger partial charge < -0.3 is 24.2 Å².